The second-order valence-corrected chi connectivity index (χ2v) is 9.00. The number of benzene rings is 1. The number of aliphatic carboxylic acids is 1. The summed E-state index contributed by atoms with van der Waals surface area (Å²) in [7, 11) is 0. The molecule has 0 bridgehead atoms. The molecule has 32 heavy (non-hydrogen) atoms. The summed E-state index contributed by atoms with van der Waals surface area (Å²) in [6, 6.07) is 10.2. The topological polar surface area (TPSA) is 112 Å². The number of hydrogen-bond donors (Lipinski definition) is 3. The molecule has 1 saturated carbocycles. The predicted molar refractivity (Wildman–Crippen MR) is 119 cm³/mol. The Morgan fingerprint density at radius 2 is 1.84 bits per heavy atom. The molecule has 1 unspecified atom stereocenters. The third-order valence-electron chi connectivity index (χ3n) is 6.22. The van der Waals surface area contributed by atoms with E-state index in [1.54, 1.807) is 36.4 Å². The van der Waals surface area contributed by atoms with Crippen LogP contribution in [-0.2, 0) is 11.3 Å². The number of carbonyl (C=O) groups excluding carboxylic acids is 1. The molecule has 2 heterocycles. The first-order chi connectivity index (χ1) is 15.3. The Bertz CT molecular complexity index is 980. The van der Waals surface area contributed by atoms with Crippen molar-refractivity contribution in [1.29, 1.82) is 0 Å². The molecule has 1 aliphatic heterocycles. The summed E-state index contributed by atoms with van der Waals surface area (Å²) in [4.78, 5) is 30.8. The summed E-state index contributed by atoms with van der Waals surface area (Å²) in [6.45, 7) is 6.30. The number of carboxylic acids is 1. The van der Waals surface area contributed by atoms with Gasteiger partial charge in [-0.25, -0.2) is 0 Å². The number of nitrogens with zero attached hydrogens (tertiary/aromatic N) is 2. The maximum absolute atomic E-state index is 12.9. The number of rotatable bonds is 9. The molecule has 1 aromatic heterocycles. The number of carboxylic acid groups (broad SMARTS) is 1. The van der Waals surface area contributed by atoms with Crippen LogP contribution in [-0.4, -0.2) is 46.8 Å². The van der Waals surface area contributed by atoms with E-state index in [9.17, 15) is 19.8 Å². The van der Waals surface area contributed by atoms with Crippen LogP contribution in [0.2, 0.25) is 0 Å². The van der Waals surface area contributed by atoms with Crippen molar-refractivity contribution in [1.82, 2.24) is 10.3 Å². The van der Waals surface area contributed by atoms with Gasteiger partial charge in [0.25, 0.3) is 5.91 Å². The lowest BCUT2D eigenvalue weighted by Crippen LogP contribution is -2.28. The van der Waals surface area contributed by atoms with E-state index in [2.05, 4.69) is 29.0 Å². The number of ether oxygens (including phenoxy) is 1. The standard InChI is InChI=1S/C24H29N3O5/c1-14(2)9-10-32-23-17(22(29)25-11-15-3-5-16(28)6-4-15)7-8-20(26-23)27-12-18-19(13-27)21(18)24(30)31/h3-8,14,18-19,21,28H,9-13H2,1-2H3,(H,25,29)(H,30,31)/t18-,19+,21?. The van der Waals surface area contributed by atoms with Crippen LogP contribution in [0.3, 0.4) is 0 Å². The van der Waals surface area contributed by atoms with Crippen molar-refractivity contribution in [2.24, 2.45) is 23.7 Å². The van der Waals surface area contributed by atoms with E-state index in [4.69, 9.17) is 4.74 Å². The monoisotopic (exact) mass is 439 g/mol. The summed E-state index contributed by atoms with van der Waals surface area (Å²) in [5, 5.41) is 21.5. The quantitative estimate of drug-likeness (QED) is 0.551. The lowest BCUT2D eigenvalue weighted by atomic mass is 10.1. The minimum absolute atomic E-state index is 0.174. The smallest absolute Gasteiger partial charge is 0.307 e. The van der Waals surface area contributed by atoms with E-state index >= 15 is 0 Å². The molecule has 2 fully saturated rings. The van der Waals surface area contributed by atoms with Crippen molar-refractivity contribution in [2.45, 2.75) is 26.8 Å². The SMILES string of the molecule is CC(C)CCOc1nc(N2C[C@@H]3C(C(=O)O)[C@@H]3C2)ccc1C(=O)NCc1ccc(O)cc1. The van der Waals surface area contributed by atoms with E-state index in [-0.39, 0.29) is 29.4 Å². The van der Waals surface area contributed by atoms with Crippen LogP contribution in [0.15, 0.2) is 36.4 Å². The number of aromatic hydroxyl groups is 1. The highest BCUT2D eigenvalue weighted by Gasteiger charge is 2.60. The zero-order valence-corrected chi connectivity index (χ0v) is 18.3. The maximum Gasteiger partial charge on any atom is 0.307 e. The second kappa shape index (κ2) is 9.06. The molecular formula is C24H29N3O5. The van der Waals surface area contributed by atoms with Gasteiger partial charge >= 0.3 is 5.97 Å². The van der Waals surface area contributed by atoms with Crippen LogP contribution < -0.4 is 15.0 Å². The van der Waals surface area contributed by atoms with Crippen LogP contribution in [0.5, 0.6) is 11.6 Å². The van der Waals surface area contributed by atoms with Gasteiger partial charge in [-0.3, -0.25) is 9.59 Å². The van der Waals surface area contributed by atoms with Crippen LogP contribution in [0.1, 0.15) is 36.2 Å². The molecule has 8 heteroatoms. The van der Waals surface area contributed by atoms with Crippen molar-refractivity contribution in [3.63, 3.8) is 0 Å². The highest BCUT2D eigenvalue weighted by molar-refractivity contribution is 5.96. The molecule has 170 valence electrons. The Morgan fingerprint density at radius 1 is 1.16 bits per heavy atom. The number of nitrogens with one attached hydrogen (secondary N) is 1. The maximum atomic E-state index is 12.9. The number of pyridine rings is 1. The van der Waals surface area contributed by atoms with E-state index in [0.717, 1.165) is 12.0 Å². The van der Waals surface area contributed by atoms with Gasteiger partial charge in [0.15, 0.2) is 0 Å². The lowest BCUT2D eigenvalue weighted by Gasteiger charge is -2.22. The van der Waals surface area contributed by atoms with Crippen molar-refractivity contribution in [3.05, 3.63) is 47.5 Å². The van der Waals surface area contributed by atoms with E-state index in [1.807, 2.05) is 0 Å². The van der Waals surface area contributed by atoms with Gasteiger partial charge in [0.05, 0.1) is 12.5 Å². The zero-order valence-electron chi connectivity index (χ0n) is 18.3. The van der Waals surface area contributed by atoms with E-state index in [0.29, 0.717) is 49.4 Å². The molecule has 1 aromatic carbocycles. The normalized spacial score (nSPS) is 21.3. The third kappa shape index (κ3) is 4.79. The summed E-state index contributed by atoms with van der Waals surface area (Å²) >= 11 is 0. The minimum Gasteiger partial charge on any atom is -0.508 e. The lowest BCUT2D eigenvalue weighted by molar-refractivity contribution is -0.139. The molecule has 3 atom stereocenters. The summed E-state index contributed by atoms with van der Waals surface area (Å²) in [5.74, 6) is 0.743. The van der Waals surface area contributed by atoms with Gasteiger partial charge in [-0.05, 0) is 54.0 Å². The molecule has 1 amide bonds. The number of piperidine rings is 1. The molecular weight excluding hydrogens is 410 g/mol. The van der Waals surface area contributed by atoms with Crippen LogP contribution >= 0.6 is 0 Å². The number of amides is 1. The number of phenolic OH excluding ortho intramolecular Hbond substituents is 1. The van der Waals surface area contributed by atoms with Gasteiger partial charge in [-0.1, -0.05) is 26.0 Å². The third-order valence-corrected chi connectivity index (χ3v) is 6.22. The van der Waals surface area contributed by atoms with Crippen molar-refractivity contribution in [2.75, 3.05) is 24.6 Å². The Balaban J connectivity index is 1.46. The molecule has 1 aliphatic carbocycles. The van der Waals surface area contributed by atoms with Gasteiger partial charge in [0.2, 0.25) is 5.88 Å². The average Bonchev–Trinajstić information content (AvgIpc) is 3.27. The van der Waals surface area contributed by atoms with Gasteiger partial charge in [-0.15, -0.1) is 0 Å². The van der Waals surface area contributed by atoms with Crippen LogP contribution in [0.25, 0.3) is 0 Å². The van der Waals surface area contributed by atoms with Gasteiger partial charge < -0.3 is 25.2 Å². The minimum atomic E-state index is -0.717. The predicted octanol–water partition coefficient (Wildman–Crippen LogP) is 2.91. The van der Waals surface area contributed by atoms with E-state index in [1.165, 1.54) is 0 Å². The molecule has 2 aliphatic rings. The molecule has 4 rings (SSSR count). The Hall–Kier alpha value is -3.29. The summed E-state index contributed by atoms with van der Waals surface area (Å²) in [6.07, 6.45) is 0.842. The Kier molecular flexibility index (Phi) is 6.21. The second-order valence-electron chi connectivity index (χ2n) is 9.00. The van der Waals surface area contributed by atoms with Crippen LogP contribution in [0, 0.1) is 23.7 Å². The average molecular weight is 440 g/mol. The van der Waals surface area contributed by atoms with Crippen molar-refractivity contribution < 1.29 is 24.5 Å². The number of carbonyl (C=O) groups is 2. The fraction of sp³-hybridized carbons (Fsp3) is 0.458. The summed E-state index contributed by atoms with van der Waals surface area (Å²) < 4.78 is 5.91. The number of aromatic nitrogens is 1. The fourth-order valence-electron chi connectivity index (χ4n) is 4.25. The Morgan fingerprint density at radius 3 is 2.47 bits per heavy atom. The molecule has 3 N–H and O–H groups in total. The first-order valence-electron chi connectivity index (χ1n) is 11.0. The van der Waals surface area contributed by atoms with Crippen molar-refractivity contribution >= 4 is 17.7 Å². The van der Waals surface area contributed by atoms with Crippen LogP contribution in [0.4, 0.5) is 5.82 Å². The van der Waals surface area contributed by atoms with Gasteiger partial charge in [-0.2, -0.15) is 4.98 Å². The molecule has 2 aromatic rings. The number of phenols is 1. The van der Waals surface area contributed by atoms with Gasteiger partial charge in [0, 0.05) is 19.6 Å². The Labute approximate surface area is 187 Å². The summed E-state index contributed by atoms with van der Waals surface area (Å²) in [5.41, 5.74) is 1.23. The highest BCUT2D eigenvalue weighted by atomic mass is 16.5. The first kappa shape index (κ1) is 21.9. The largest absolute Gasteiger partial charge is 0.508 e. The first-order valence-corrected chi connectivity index (χ1v) is 11.0. The van der Waals surface area contributed by atoms with Gasteiger partial charge in [0.1, 0.15) is 17.1 Å². The molecule has 0 spiro atoms. The number of hydrogen-bond acceptors (Lipinski definition) is 6. The molecule has 8 nitrogen and oxygen atoms in total. The fourth-order valence-corrected chi connectivity index (χ4v) is 4.25. The van der Waals surface area contributed by atoms with E-state index < -0.39 is 5.97 Å². The number of anilines is 1. The number of fused-ring (bicyclic) bond motifs is 1. The highest BCUT2D eigenvalue weighted by Crippen LogP contribution is 2.52. The zero-order chi connectivity index (χ0) is 22.8. The molecule has 1 saturated heterocycles. The molecule has 0 radical (unpaired) electrons. The van der Waals surface area contributed by atoms with Crippen molar-refractivity contribution in [3.8, 4) is 11.6 Å².